The van der Waals surface area contributed by atoms with Gasteiger partial charge in [0.05, 0.1) is 6.04 Å². The van der Waals surface area contributed by atoms with Crippen LogP contribution in [0.5, 0.6) is 0 Å². The minimum atomic E-state index is -0.756. The second-order valence-corrected chi connectivity index (χ2v) is 2.67. The van der Waals surface area contributed by atoms with Crippen LogP contribution in [0.25, 0.3) is 0 Å². The van der Waals surface area contributed by atoms with Crippen molar-refractivity contribution in [2.45, 2.75) is 26.3 Å². The molecule has 0 heterocycles. The molecular formula is C6H12N2O2. The smallest absolute Gasteiger partial charge is 0.302 e. The van der Waals surface area contributed by atoms with Gasteiger partial charge in [-0.2, -0.15) is 0 Å². The van der Waals surface area contributed by atoms with Gasteiger partial charge in [0.25, 0.3) is 0 Å². The van der Waals surface area contributed by atoms with Crippen molar-refractivity contribution in [2.24, 2.45) is 16.8 Å². The second kappa shape index (κ2) is 4.11. The van der Waals surface area contributed by atoms with Gasteiger partial charge in [-0.3, -0.25) is 4.79 Å². The summed E-state index contributed by atoms with van der Waals surface area (Å²) in [4.78, 5) is 20.1. The number of amides is 1. The zero-order valence-corrected chi connectivity index (χ0v) is 6.20. The molecule has 4 heteroatoms. The molecule has 58 valence electrons. The van der Waals surface area contributed by atoms with Gasteiger partial charge in [0.2, 0.25) is 0 Å². The van der Waals surface area contributed by atoms with Crippen LogP contribution in [0.3, 0.4) is 0 Å². The Morgan fingerprint density at radius 1 is 1.60 bits per heavy atom. The molecule has 0 aromatic carbocycles. The van der Waals surface area contributed by atoms with Crippen molar-refractivity contribution in [1.82, 2.24) is 0 Å². The Morgan fingerprint density at radius 3 is 2.40 bits per heavy atom. The fourth-order valence-electron chi connectivity index (χ4n) is 0.676. The average molecular weight is 144 g/mol. The van der Waals surface area contributed by atoms with Crippen LogP contribution in [-0.4, -0.2) is 11.9 Å². The first-order valence-electron chi connectivity index (χ1n) is 3.20. The van der Waals surface area contributed by atoms with E-state index in [0.717, 1.165) is 0 Å². The Hall–Kier alpha value is -0.770. The first-order valence-corrected chi connectivity index (χ1v) is 3.20. The maximum Gasteiger partial charge on any atom is 0.302 e. The second-order valence-electron chi connectivity index (χ2n) is 2.67. The number of hydrogen-bond donors (Lipinski definition) is 1. The highest BCUT2D eigenvalue weighted by Crippen LogP contribution is 2.03. The number of carbonyl (C=O) groups is 1. The Bertz CT molecular complexity index is 134. The van der Waals surface area contributed by atoms with E-state index < -0.39 is 11.9 Å². The Labute approximate surface area is 59.8 Å². The van der Waals surface area contributed by atoms with Crippen LogP contribution in [0.2, 0.25) is 0 Å². The Morgan fingerprint density at radius 2 is 2.10 bits per heavy atom. The molecule has 0 aromatic rings. The van der Waals surface area contributed by atoms with E-state index in [-0.39, 0.29) is 0 Å². The molecule has 1 amide bonds. The molecule has 0 rings (SSSR count). The van der Waals surface area contributed by atoms with Gasteiger partial charge in [0.1, 0.15) is 0 Å². The summed E-state index contributed by atoms with van der Waals surface area (Å²) in [5.74, 6) is -0.436. The van der Waals surface area contributed by atoms with Gasteiger partial charge in [-0.1, -0.05) is 13.8 Å². The van der Waals surface area contributed by atoms with Crippen LogP contribution in [0.15, 0.2) is 5.18 Å². The Kier molecular flexibility index (Phi) is 3.79. The highest BCUT2D eigenvalue weighted by atomic mass is 16.3. The molecule has 0 unspecified atom stereocenters. The third-order valence-electron chi connectivity index (χ3n) is 1.13. The lowest BCUT2D eigenvalue weighted by Crippen LogP contribution is -2.30. The van der Waals surface area contributed by atoms with Crippen LogP contribution < -0.4 is 5.73 Å². The van der Waals surface area contributed by atoms with Gasteiger partial charge in [0.15, 0.2) is 0 Å². The quantitative estimate of drug-likeness (QED) is 0.591. The molecule has 10 heavy (non-hydrogen) atoms. The minimum Gasteiger partial charge on any atom is -0.320 e. The lowest BCUT2D eigenvalue weighted by molar-refractivity contribution is -0.119. The van der Waals surface area contributed by atoms with E-state index in [9.17, 15) is 9.70 Å². The first kappa shape index (κ1) is 9.23. The molecule has 0 saturated heterocycles. The Balaban J connectivity index is 3.72. The monoisotopic (exact) mass is 144 g/mol. The standard InChI is InChI=1S/C6H12N2O2/c1-4(2)3-5(7)6(9)8-10/h4-5H,3,7H2,1-2H3/t5-/m1/s1. The zero-order valence-electron chi connectivity index (χ0n) is 6.20. The van der Waals surface area contributed by atoms with Crippen LogP contribution in [0.4, 0.5) is 0 Å². The zero-order chi connectivity index (χ0) is 8.15. The molecule has 0 aromatic heterocycles. The molecule has 0 aliphatic carbocycles. The van der Waals surface area contributed by atoms with Crippen LogP contribution >= 0.6 is 0 Å². The van der Waals surface area contributed by atoms with Crippen LogP contribution in [0.1, 0.15) is 20.3 Å². The SMILES string of the molecule is CC(C)C[C@@H](N)C(=O)N=O. The van der Waals surface area contributed by atoms with Gasteiger partial charge in [-0.15, -0.1) is 4.91 Å². The molecule has 0 radical (unpaired) electrons. The molecule has 0 aliphatic heterocycles. The van der Waals surface area contributed by atoms with Gasteiger partial charge < -0.3 is 5.73 Å². The maximum atomic E-state index is 10.4. The highest BCUT2D eigenvalue weighted by molar-refractivity contribution is 5.81. The number of nitroso groups, excluding NO2 is 1. The molecule has 0 saturated carbocycles. The maximum absolute atomic E-state index is 10.4. The predicted octanol–water partition coefficient (Wildman–Crippen LogP) is 0.653. The summed E-state index contributed by atoms with van der Waals surface area (Å²) >= 11 is 0. The van der Waals surface area contributed by atoms with Crippen molar-refractivity contribution in [2.75, 3.05) is 0 Å². The summed E-state index contributed by atoms with van der Waals surface area (Å²) in [6, 6.07) is -0.711. The average Bonchev–Trinajstić information content (AvgIpc) is 1.85. The number of carbonyl (C=O) groups excluding carboxylic acids is 1. The summed E-state index contributed by atoms with van der Waals surface area (Å²) in [7, 11) is 0. The fraction of sp³-hybridized carbons (Fsp3) is 0.833. The number of rotatable bonds is 3. The summed E-state index contributed by atoms with van der Waals surface area (Å²) in [5.41, 5.74) is 5.29. The lowest BCUT2D eigenvalue weighted by Gasteiger charge is -2.07. The predicted molar refractivity (Wildman–Crippen MR) is 38.2 cm³/mol. The van der Waals surface area contributed by atoms with Crippen LogP contribution in [0, 0.1) is 10.8 Å². The minimum absolute atomic E-state index is 0.320. The summed E-state index contributed by atoms with van der Waals surface area (Å²) in [6.07, 6.45) is 0.518. The molecule has 0 fully saturated rings. The number of nitrogens with two attached hydrogens (primary N) is 1. The van der Waals surface area contributed by atoms with Crippen molar-refractivity contribution in [3.63, 3.8) is 0 Å². The normalized spacial score (nSPS) is 13.2. The molecule has 0 bridgehead atoms. The lowest BCUT2D eigenvalue weighted by atomic mass is 10.0. The molecule has 0 spiro atoms. The third-order valence-corrected chi connectivity index (χ3v) is 1.13. The first-order chi connectivity index (χ1) is 4.57. The van der Waals surface area contributed by atoms with E-state index in [0.29, 0.717) is 12.3 Å². The molecule has 4 nitrogen and oxygen atoms in total. The van der Waals surface area contributed by atoms with Gasteiger partial charge >= 0.3 is 5.91 Å². The van der Waals surface area contributed by atoms with Crippen molar-refractivity contribution >= 4 is 5.91 Å². The molecular weight excluding hydrogens is 132 g/mol. The van der Waals surface area contributed by atoms with Gasteiger partial charge in [0, 0.05) is 5.18 Å². The summed E-state index contributed by atoms with van der Waals surface area (Å²) in [6.45, 7) is 3.86. The van der Waals surface area contributed by atoms with Gasteiger partial charge in [-0.25, -0.2) is 0 Å². The van der Waals surface area contributed by atoms with Crippen molar-refractivity contribution in [3.05, 3.63) is 4.91 Å². The summed E-state index contributed by atoms with van der Waals surface area (Å²) < 4.78 is 0. The van der Waals surface area contributed by atoms with E-state index >= 15 is 0 Å². The van der Waals surface area contributed by atoms with Gasteiger partial charge in [-0.05, 0) is 12.3 Å². The number of nitrogens with zero attached hydrogens (tertiary/aromatic N) is 1. The van der Waals surface area contributed by atoms with Crippen molar-refractivity contribution in [1.29, 1.82) is 0 Å². The topological polar surface area (TPSA) is 72.5 Å². The summed E-state index contributed by atoms with van der Waals surface area (Å²) in [5, 5.41) is 2.23. The fourth-order valence-corrected chi connectivity index (χ4v) is 0.676. The molecule has 2 N–H and O–H groups in total. The van der Waals surface area contributed by atoms with E-state index in [1.54, 1.807) is 0 Å². The van der Waals surface area contributed by atoms with E-state index in [4.69, 9.17) is 5.73 Å². The third kappa shape index (κ3) is 3.29. The number of hydrogen-bond acceptors (Lipinski definition) is 3. The van der Waals surface area contributed by atoms with Crippen LogP contribution in [-0.2, 0) is 4.79 Å². The largest absolute Gasteiger partial charge is 0.320 e. The van der Waals surface area contributed by atoms with E-state index in [2.05, 4.69) is 5.18 Å². The van der Waals surface area contributed by atoms with E-state index in [1.807, 2.05) is 13.8 Å². The van der Waals surface area contributed by atoms with Crippen molar-refractivity contribution in [3.8, 4) is 0 Å². The molecule has 1 atom stereocenters. The highest BCUT2D eigenvalue weighted by Gasteiger charge is 2.14. The van der Waals surface area contributed by atoms with E-state index in [1.165, 1.54) is 0 Å². The molecule has 0 aliphatic rings. The van der Waals surface area contributed by atoms with Crippen molar-refractivity contribution < 1.29 is 4.79 Å².